The van der Waals surface area contributed by atoms with Crippen molar-refractivity contribution in [1.82, 2.24) is 15.5 Å². The molecule has 0 radical (unpaired) electrons. The molecule has 0 aliphatic carbocycles. The number of nitrogens with one attached hydrogen (secondary N) is 1. The third-order valence-corrected chi connectivity index (χ3v) is 5.65. The van der Waals surface area contributed by atoms with Crippen LogP contribution in [-0.2, 0) is 11.3 Å². The Morgan fingerprint density at radius 3 is 2.76 bits per heavy atom. The first-order valence-electron chi connectivity index (χ1n) is 9.23. The minimum Gasteiger partial charge on any atom is -0.454 e. The molecule has 1 aliphatic rings. The first-order chi connectivity index (χ1) is 14.0. The van der Waals surface area contributed by atoms with E-state index in [0.717, 1.165) is 22.4 Å². The van der Waals surface area contributed by atoms with Crippen LogP contribution in [0.2, 0.25) is 0 Å². The van der Waals surface area contributed by atoms with Gasteiger partial charge in [0.2, 0.25) is 18.6 Å². The van der Waals surface area contributed by atoms with Gasteiger partial charge in [0.1, 0.15) is 0 Å². The van der Waals surface area contributed by atoms with E-state index in [2.05, 4.69) is 22.4 Å². The van der Waals surface area contributed by atoms with E-state index in [1.807, 2.05) is 43.3 Å². The molecule has 150 valence electrons. The highest BCUT2D eigenvalue weighted by atomic mass is 32.2. The zero-order chi connectivity index (χ0) is 20.4. The molecular formula is C21H21N3O4S. The van der Waals surface area contributed by atoms with Gasteiger partial charge in [0.05, 0.1) is 5.25 Å². The summed E-state index contributed by atoms with van der Waals surface area (Å²) in [6, 6.07) is 11.6. The number of nitrogens with zero attached hydrogens (tertiary/aromatic N) is 2. The molecule has 2 heterocycles. The number of carbonyl (C=O) groups excluding carboxylic acids is 1. The molecule has 7 nitrogen and oxygen atoms in total. The van der Waals surface area contributed by atoms with E-state index < -0.39 is 0 Å². The summed E-state index contributed by atoms with van der Waals surface area (Å²) in [6.07, 6.45) is 0. The van der Waals surface area contributed by atoms with Crippen molar-refractivity contribution in [2.45, 2.75) is 37.8 Å². The van der Waals surface area contributed by atoms with Crippen molar-refractivity contribution in [2.75, 3.05) is 6.79 Å². The average molecular weight is 411 g/mol. The van der Waals surface area contributed by atoms with E-state index in [4.69, 9.17) is 13.9 Å². The van der Waals surface area contributed by atoms with Crippen LogP contribution in [0.25, 0.3) is 11.5 Å². The van der Waals surface area contributed by atoms with Gasteiger partial charge >= 0.3 is 0 Å². The fourth-order valence-corrected chi connectivity index (χ4v) is 3.54. The largest absolute Gasteiger partial charge is 0.454 e. The molecule has 0 bridgehead atoms. The lowest BCUT2D eigenvalue weighted by Gasteiger charge is -2.10. The molecule has 0 spiro atoms. The number of hydrogen-bond donors (Lipinski definition) is 1. The summed E-state index contributed by atoms with van der Waals surface area (Å²) in [4.78, 5) is 12.4. The topological polar surface area (TPSA) is 86.5 Å². The summed E-state index contributed by atoms with van der Waals surface area (Å²) in [5, 5.41) is 11.1. The monoisotopic (exact) mass is 411 g/mol. The standard InChI is InChI=1S/C21H21N3O4S/c1-12-4-6-16(8-13(12)2)20-23-24-21(28-20)29-14(3)19(25)22-10-15-5-7-17-18(9-15)27-11-26-17/h4-9,14H,10-11H2,1-3H3,(H,22,25)/t14-/m1/s1. The molecule has 8 heteroatoms. The van der Waals surface area contributed by atoms with E-state index in [1.165, 1.54) is 17.3 Å². The third-order valence-electron chi connectivity index (χ3n) is 4.71. The van der Waals surface area contributed by atoms with E-state index in [1.54, 1.807) is 6.92 Å². The maximum atomic E-state index is 12.4. The molecule has 0 fully saturated rings. The summed E-state index contributed by atoms with van der Waals surface area (Å²) < 4.78 is 16.4. The molecule has 29 heavy (non-hydrogen) atoms. The van der Waals surface area contributed by atoms with Crippen LogP contribution in [0.1, 0.15) is 23.6 Å². The highest BCUT2D eigenvalue weighted by Crippen LogP contribution is 2.32. The van der Waals surface area contributed by atoms with Crippen LogP contribution >= 0.6 is 11.8 Å². The predicted molar refractivity (Wildman–Crippen MR) is 109 cm³/mol. The SMILES string of the molecule is Cc1ccc(-c2nnc(S[C@H](C)C(=O)NCc3ccc4c(c3)OCO4)o2)cc1C. The van der Waals surface area contributed by atoms with Crippen LogP contribution in [0.4, 0.5) is 0 Å². The minimum absolute atomic E-state index is 0.112. The Balaban J connectivity index is 1.34. The summed E-state index contributed by atoms with van der Waals surface area (Å²) >= 11 is 1.23. The first kappa shape index (κ1) is 19.3. The summed E-state index contributed by atoms with van der Waals surface area (Å²) in [5.41, 5.74) is 4.17. The van der Waals surface area contributed by atoms with Crippen LogP contribution in [0.5, 0.6) is 11.5 Å². The van der Waals surface area contributed by atoms with Gasteiger partial charge in [-0.25, -0.2) is 0 Å². The van der Waals surface area contributed by atoms with Crippen molar-refractivity contribution < 1.29 is 18.7 Å². The highest BCUT2D eigenvalue weighted by molar-refractivity contribution is 8.00. The Labute approximate surface area is 172 Å². The Morgan fingerprint density at radius 2 is 1.93 bits per heavy atom. The molecule has 0 saturated carbocycles. The number of thioether (sulfide) groups is 1. The van der Waals surface area contributed by atoms with Crippen LogP contribution in [-0.4, -0.2) is 28.1 Å². The van der Waals surface area contributed by atoms with Crippen molar-refractivity contribution in [3.8, 4) is 23.0 Å². The normalized spacial score (nSPS) is 13.3. The molecule has 0 unspecified atom stereocenters. The molecule has 0 saturated heterocycles. The number of aromatic nitrogens is 2. The van der Waals surface area contributed by atoms with Gasteiger partial charge in [-0.15, -0.1) is 10.2 Å². The quantitative estimate of drug-likeness (QED) is 0.616. The highest BCUT2D eigenvalue weighted by Gasteiger charge is 2.19. The van der Waals surface area contributed by atoms with Crippen molar-refractivity contribution in [2.24, 2.45) is 0 Å². The first-order valence-corrected chi connectivity index (χ1v) is 10.1. The number of ether oxygens (including phenoxy) is 2. The van der Waals surface area contributed by atoms with E-state index in [9.17, 15) is 4.79 Å². The molecule has 1 aromatic heterocycles. The Morgan fingerprint density at radius 1 is 1.10 bits per heavy atom. The summed E-state index contributed by atoms with van der Waals surface area (Å²) in [6.45, 7) is 6.53. The molecule has 3 aromatic rings. The van der Waals surface area contributed by atoms with E-state index >= 15 is 0 Å². The summed E-state index contributed by atoms with van der Waals surface area (Å²) in [7, 11) is 0. The van der Waals surface area contributed by atoms with E-state index in [0.29, 0.717) is 23.4 Å². The Hall–Kier alpha value is -3.00. The zero-order valence-corrected chi connectivity index (χ0v) is 17.2. The van der Waals surface area contributed by atoms with Crippen LogP contribution in [0.15, 0.2) is 46.0 Å². The molecule has 1 atom stereocenters. The average Bonchev–Trinajstić information content (AvgIpc) is 3.37. The van der Waals surface area contributed by atoms with Gasteiger partial charge in [-0.3, -0.25) is 4.79 Å². The minimum atomic E-state index is -0.378. The fraction of sp³-hybridized carbons (Fsp3) is 0.286. The van der Waals surface area contributed by atoms with Gasteiger partial charge in [-0.2, -0.15) is 0 Å². The number of rotatable bonds is 6. The van der Waals surface area contributed by atoms with Crippen molar-refractivity contribution in [3.05, 3.63) is 53.1 Å². The summed E-state index contributed by atoms with van der Waals surface area (Å²) in [5.74, 6) is 1.76. The van der Waals surface area contributed by atoms with Crippen LogP contribution < -0.4 is 14.8 Å². The van der Waals surface area contributed by atoms with Crippen molar-refractivity contribution in [1.29, 1.82) is 0 Å². The maximum absolute atomic E-state index is 12.4. The van der Waals surface area contributed by atoms with E-state index in [-0.39, 0.29) is 18.0 Å². The lowest BCUT2D eigenvalue weighted by Crippen LogP contribution is -2.30. The second-order valence-electron chi connectivity index (χ2n) is 6.84. The van der Waals surface area contributed by atoms with Gasteiger partial charge in [0, 0.05) is 12.1 Å². The van der Waals surface area contributed by atoms with Gasteiger partial charge in [0.15, 0.2) is 11.5 Å². The number of hydrogen-bond acceptors (Lipinski definition) is 7. The Bertz CT molecular complexity index is 1050. The number of fused-ring (bicyclic) bond motifs is 1. The third kappa shape index (κ3) is 4.37. The zero-order valence-electron chi connectivity index (χ0n) is 16.4. The van der Waals surface area contributed by atoms with Gasteiger partial charge < -0.3 is 19.2 Å². The number of benzene rings is 2. The lowest BCUT2D eigenvalue weighted by molar-refractivity contribution is -0.120. The smallest absolute Gasteiger partial charge is 0.277 e. The molecule has 4 rings (SSSR count). The Kier molecular flexibility index (Phi) is 5.44. The van der Waals surface area contributed by atoms with Crippen LogP contribution in [0, 0.1) is 13.8 Å². The molecule has 1 N–H and O–H groups in total. The van der Waals surface area contributed by atoms with Gasteiger partial charge in [-0.05, 0) is 61.7 Å². The second kappa shape index (κ2) is 8.16. The second-order valence-corrected chi connectivity index (χ2v) is 8.13. The predicted octanol–water partition coefficient (Wildman–Crippen LogP) is 3.88. The van der Waals surface area contributed by atoms with Crippen LogP contribution in [0.3, 0.4) is 0 Å². The molecular weight excluding hydrogens is 390 g/mol. The number of carbonyl (C=O) groups is 1. The lowest BCUT2D eigenvalue weighted by atomic mass is 10.1. The van der Waals surface area contributed by atoms with Gasteiger partial charge in [0.25, 0.3) is 5.22 Å². The number of aryl methyl sites for hydroxylation is 2. The fourth-order valence-electron chi connectivity index (χ4n) is 2.84. The molecule has 2 aromatic carbocycles. The maximum Gasteiger partial charge on any atom is 0.277 e. The van der Waals surface area contributed by atoms with Crippen molar-refractivity contribution >= 4 is 17.7 Å². The number of amides is 1. The molecule has 1 aliphatic heterocycles. The van der Waals surface area contributed by atoms with Crippen molar-refractivity contribution in [3.63, 3.8) is 0 Å². The molecule has 1 amide bonds. The van der Waals surface area contributed by atoms with Gasteiger partial charge in [-0.1, -0.05) is 23.9 Å².